The molecule has 1 aromatic rings. The number of hydrogen-bond donors (Lipinski definition) is 1. The van der Waals surface area contributed by atoms with E-state index < -0.39 is 0 Å². The van der Waals surface area contributed by atoms with E-state index in [0.717, 1.165) is 30.4 Å². The second-order valence-electron chi connectivity index (χ2n) is 5.50. The number of carbonyl (C=O) groups excluding carboxylic acids is 1. The minimum Gasteiger partial charge on any atom is -0.396 e. The Kier molecular flexibility index (Phi) is 6.68. The van der Waals surface area contributed by atoms with Gasteiger partial charge in [0, 0.05) is 35.7 Å². The second kappa shape index (κ2) is 8.28. The highest BCUT2D eigenvalue weighted by atomic mass is 79.9. The van der Waals surface area contributed by atoms with Gasteiger partial charge in [-0.15, -0.1) is 0 Å². The van der Waals surface area contributed by atoms with Crippen LogP contribution >= 0.6 is 27.5 Å². The number of Topliss-reactive ketones (excluding diaryl/α,β-unsaturated/α-hetero) is 1. The highest BCUT2D eigenvalue weighted by Gasteiger charge is 2.24. The minimum atomic E-state index is 0.0975. The van der Waals surface area contributed by atoms with Crippen molar-refractivity contribution < 1.29 is 9.90 Å². The van der Waals surface area contributed by atoms with Crippen LogP contribution in [0.1, 0.15) is 42.5 Å². The third-order valence-corrected chi connectivity index (χ3v) is 4.86. The number of rotatable bonds is 7. The van der Waals surface area contributed by atoms with Crippen LogP contribution in [0.5, 0.6) is 0 Å². The number of nitrogens with zero attached hydrogens (tertiary/aromatic N) is 1. The molecule has 1 aliphatic heterocycles. The predicted octanol–water partition coefficient (Wildman–Crippen LogP) is 3.91. The van der Waals surface area contributed by atoms with E-state index in [-0.39, 0.29) is 12.4 Å². The van der Waals surface area contributed by atoms with Gasteiger partial charge in [-0.1, -0.05) is 27.5 Å². The summed E-state index contributed by atoms with van der Waals surface area (Å²) in [5, 5.41) is 9.45. The fourth-order valence-corrected chi connectivity index (χ4v) is 3.72. The molecule has 1 heterocycles. The Balaban J connectivity index is 1.88. The molecule has 1 aromatic carbocycles. The van der Waals surface area contributed by atoms with Crippen molar-refractivity contribution in [2.45, 2.75) is 38.1 Å². The molecule has 3 nitrogen and oxygen atoms in total. The molecule has 1 unspecified atom stereocenters. The molecule has 5 heteroatoms. The molecule has 1 atom stereocenters. The van der Waals surface area contributed by atoms with Gasteiger partial charge in [-0.3, -0.25) is 9.69 Å². The Hall–Kier alpha value is -0.420. The lowest BCUT2D eigenvalue weighted by Crippen LogP contribution is -2.31. The van der Waals surface area contributed by atoms with Gasteiger partial charge < -0.3 is 5.11 Å². The van der Waals surface area contributed by atoms with E-state index in [1.165, 1.54) is 12.8 Å². The predicted molar refractivity (Wildman–Crippen MR) is 89.0 cm³/mol. The Morgan fingerprint density at radius 1 is 1.48 bits per heavy atom. The number of aliphatic hydroxyl groups is 1. The zero-order valence-electron chi connectivity index (χ0n) is 12.0. The summed E-state index contributed by atoms with van der Waals surface area (Å²) in [6.07, 6.45) is 4.71. The molecule has 0 saturated carbocycles. The zero-order valence-corrected chi connectivity index (χ0v) is 14.4. The molecule has 1 N–H and O–H groups in total. The number of halogens is 2. The summed E-state index contributed by atoms with van der Waals surface area (Å²) in [6, 6.07) is 5.90. The molecule has 1 saturated heterocycles. The van der Waals surface area contributed by atoms with Crippen LogP contribution in [0.2, 0.25) is 5.02 Å². The first-order valence-corrected chi connectivity index (χ1v) is 8.62. The van der Waals surface area contributed by atoms with Crippen molar-refractivity contribution >= 4 is 33.3 Å². The SMILES string of the molecule is O=C(CCN1CCCC1CCCO)c1ccc(Br)cc1Cl. The fraction of sp³-hybridized carbons (Fsp3) is 0.562. The topological polar surface area (TPSA) is 40.5 Å². The standard InChI is InChI=1S/C16H21BrClNO2/c17-12-5-6-14(15(18)11-12)16(21)7-9-19-8-1-3-13(19)4-2-10-20/h5-6,11,13,20H,1-4,7-10H2. The molecule has 2 rings (SSSR count). The molecule has 0 aromatic heterocycles. The van der Waals surface area contributed by atoms with E-state index >= 15 is 0 Å². The zero-order chi connectivity index (χ0) is 15.2. The van der Waals surface area contributed by atoms with Crippen LogP contribution in [0.4, 0.5) is 0 Å². The van der Waals surface area contributed by atoms with Crippen molar-refractivity contribution in [3.63, 3.8) is 0 Å². The average Bonchev–Trinajstić information content (AvgIpc) is 2.90. The summed E-state index contributed by atoms with van der Waals surface area (Å²) < 4.78 is 0.882. The van der Waals surface area contributed by atoms with Gasteiger partial charge in [-0.05, 0) is 50.4 Å². The first-order valence-electron chi connectivity index (χ1n) is 7.45. The molecule has 1 aliphatic rings. The van der Waals surface area contributed by atoms with Crippen LogP contribution < -0.4 is 0 Å². The van der Waals surface area contributed by atoms with Crippen molar-refractivity contribution in [3.05, 3.63) is 33.3 Å². The number of hydrogen-bond acceptors (Lipinski definition) is 3. The van der Waals surface area contributed by atoms with Gasteiger partial charge in [0.15, 0.2) is 5.78 Å². The molecule has 0 aliphatic carbocycles. The van der Waals surface area contributed by atoms with Gasteiger partial charge in [0.1, 0.15) is 0 Å². The van der Waals surface area contributed by atoms with Crippen molar-refractivity contribution in [2.75, 3.05) is 19.7 Å². The van der Waals surface area contributed by atoms with Gasteiger partial charge in [-0.2, -0.15) is 0 Å². The molecular formula is C16H21BrClNO2. The Morgan fingerprint density at radius 2 is 2.29 bits per heavy atom. The number of benzene rings is 1. The molecule has 116 valence electrons. The minimum absolute atomic E-state index is 0.0975. The van der Waals surface area contributed by atoms with E-state index in [9.17, 15) is 4.79 Å². The van der Waals surface area contributed by atoms with Crippen molar-refractivity contribution in [3.8, 4) is 0 Å². The maximum Gasteiger partial charge on any atom is 0.165 e. The van der Waals surface area contributed by atoms with Crippen molar-refractivity contribution in [2.24, 2.45) is 0 Å². The van der Waals surface area contributed by atoms with Crippen LogP contribution in [0.15, 0.2) is 22.7 Å². The molecule has 21 heavy (non-hydrogen) atoms. The molecule has 1 fully saturated rings. The van der Waals surface area contributed by atoms with Gasteiger partial charge in [-0.25, -0.2) is 0 Å². The molecule has 0 spiro atoms. The first-order chi connectivity index (χ1) is 10.1. The quantitative estimate of drug-likeness (QED) is 0.736. The fourth-order valence-electron chi connectivity index (χ4n) is 2.94. The van der Waals surface area contributed by atoms with Gasteiger partial charge in [0.05, 0.1) is 5.02 Å². The smallest absolute Gasteiger partial charge is 0.165 e. The number of likely N-dealkylation sites (tertiary alicyclic amines) is 1. The number of aliphatic hydroxyl groups excluding tert-OH is 1. The average molecular weight is 375 g/mol. The van der Waals surface area contributed by atoms with Crippen LogP contribution in [0.25, 0.3) is 0 Å². The molecule has 0 amide bonds. The van der Waals surface area contributed by atoms with Crippen molar-refractivity contribution in [1.82, 2.24) is 4.90 Å². The van der Waals surface area contributed by atoms with E-state index in [0.29, 0.717) is 23.0 Å². The first kappa shape index (κ1) is 16.9. The van der Waals surface area contributed by atoms with Crippen LogP contribution in [0, 0.1) is 0 Å². The summed E-state index contributed by atoms with van der Waals surface area (Å²) in [4.78, 5) is 14.7. The Morgan fingerprint density at radius 3 is 3.00 bits per heavy atom. The van der Waals surface area contributed by atoms with E-state index in [1.54, 1.807) is 12.1 Å². The largest absolute Gasteiger partial charge is 0.396 e. The third-order valence-electron chi connectivity index (χ3n) is 4.05. The normalized spacial score (nSPS) is 19.1. The summed E-state index contributed by atoms with van der Waals surface area (Å²) in [6.45, 7) is 2.08. The number of carbonyl (C=O) groups is 1. The third kappa shape index (κ3) is 4.78. The van der Waals surface area contributed by atoms with Crippen LogP contribution in [0.3, 0.4) is 0 Å². The lowest BCUT2D eigenvalue weighted by Gasteiger charge is -2.23. The molecular weight excluding hydrogens is 354 g/mol. The Labute approximate surface area is 139 Å². The lowest BCUT2D eigenvalue weighted by molar-refractivity contribution is 0.0959. The summed E-state index contributed by atoms with van der Waals surface area (Å²) in [5.41, 5.74) is 0.603. The summed E-state index contributed by atoms with van der Waals surface area (Å²) in [5.74, 6) is 0.0975. The van der Waals surface area contributed by atoms with E-state index in [1.807, 2.05) is 6.07 Å². The van der Waals surface area contributed by atoms with Gasteiger partial charge in [0.2, 0.25) is 0 Å². The lowest BCUT2D eigenvalue weighted by atomic mass is 10.1. The van der Waals surface area contributed by atoms with Gasteiger partial charge >= 0.3 is 0 Å². The maximum atomic E-state index is 12.3. The molecule has 0 radical (unpaired) electrons. The summed E-state index contributed by atoms with van der Waals surface area (Å²) >= 11 is 9.47. The van der Waals surface area contributed by atoms with E-state index in [2.05, 4.69) is 20.8 Å². The second-order valence-corrected chi connectivity index (χ2v) is 6.82. The van der Waals surface area contributed by atoms with Gasteiger partial charge in [0.25, 0.3) is 0 Å². The van der Waals surface area contributed by atoms with Crippen LogP contribution in [-0.4, -0.2) is 41.5 Å². The summed E-state index contributed by atoms with van der Waals surface area (Å²) in [7, 11) is 0. The number of ketones is 1. The maximum absolute atomic E-state index is 12.3. The van der Waals surface area contributed by atoms with Crippen molar-refractivity contribution in [1.29, 1.82) is 0 Å². The monoisotopic (exact) mass is 373 g/mol. The van der Waals surface area contributed by atoms with Crippen LogP contribution in [-0.2, 0) is 0 Å². The van der Waals surface area contributed by atoms with E-state index in [4.69, 9.17) is 16.7 Å². The highest BCUT2D eigenvalue weighted by Crippen LogP contribution is 2.24. The Bertz CT molecular complexity index is 495. The molecule has 0 bridgehead atoms. The highest BCUT2D eigenvalue weighted by molar-refractivity contribution is 9.10.